The minimum atomic E-state index is -5.78. The predicted octanol–water partition coefficient (Wildman–Crippen LogP) is 8.71. The zero-order valence-electron chi connectivity index (χ0n) is 19.7. The summed E-state index contributed by atoms with van der Waals surface area (Å²) in [5, 5.41) is 0. The van der Waals surface area contributed by atoms with E-state index in [1.165, 1.54) is 0 Å². The highest BCUT2D eigenvalue weighted by Crippen LogP contribution is 2.56. The number of rotatable bonds is 4. The maximum atomic E-state index is 14.8. The quantitative estimate of drug-likeness (QED) is 0.211. The first-order valence-electron chi connectivity index (χ1n) is 11.6. The molecule has 0 saturated carbocycles. The monoisotopic (exact) mass is 538 g/mol. The van der Waals surface area contributed by atoms with Gasteiger partial charge in [0.1, 0.15) is 11.0 Å². The lowest BCUT2D eigenvalue weighted by Crippen LogP contribution is -2.54. The van der Waals surface area contributed by atoms with Gasteiger partial charge in [0, 0.05) is 11.1 Å². The van der Waals surface area contributed by atoms with Crippen molar-refractivity contribution >= 4 is 22.2 Å². The molecule has 10 heteroatoms. The highest BCUT2D eigenvalue weighted by atomic mass is 19.4. The summed E-state index contributed by atoms with van der Waals surface area (Å²) in [6, 6.07) is 22.2. The molecule has 6 aromatic rings. The summed E-state index contributed by atoms with van der Waals surface area (Å²) in [7, 11) is 0. The van der Waals surface area contributed by atoms with Crippen LogP contribution in [0.15, 0.2) is 106 Å². The Kier molecular flexibility index (Phi) is 5.53. The van der Waals surface area contributed by atoms with E-state index in [0.717, 1.165) is 36.4 Å². The molecule has 0 radical (unpaired) electrons. The number of nitrogens with zero attached hydrogens (tertiary/aromatic N) is 2. The second-order valence-electron chi connectivity index (χ2n) is 8.88. The number of benzene rings is 4. The Bertz CT molecular complexity index is 1650. The standard InChI is InChI=1S/C29H16F6N2O2/c30-28(31,32)27(29(33,34)35,19-12-14-23-22(15-19)37-26(38-23)18-9-5-2-6-10-18)20-11-13-21-24(16-20)39-25(36-21)17-7-3-1-4-8-17/h1-16H. The van der Waals surface area contributed by atoms with Crippen molar-refractivity contribution in [1.82, 2.24) is 9.97 Å². The fraction of sp³-hybridized carbons (Fsp3) is 0.103. The lowest BCUT2D eigenvalue weighted by atomic mass is 9.72. The number of halogens is 6. The van der Waals surface area contributed by atoms with Crippen molar-refractivity contribution in [3.63, 3.8) is 0 Å². The van der Waals surface area contributed by atoms with Gasteiger partial charge in [-0.05, 0) is 59.7 Å². The van der Waals surface area contributed by atoms with E-state index in [2.05, 4.69) is 9.97 Å². The van der Waals surface area contributed by atoms with E-state index in [9.17, 15) is 26.3 Å². The Morgan fingerprint density at radius 3 is 1.54 bits per heavy atom. The average molecular weight is 538 g/mol. The molecule has 2 aromatic heterocycles. The van der Waals surface area contributed by atoms with Gasteiger partial charge in [-0.3, -0.25) is 0 Å². The zero-order chi connectivity index (χ0) is 27.4. The topological polar surface area (TPSA) is 52.1 Å². The third-order valence-electron chi connectivity index (χ3n) is 6.53. The first kappa shape index (κ1) is 24.7. The lowest BCUT2D eigenvalue weighted by molar-refractivity contribution is -0.288. The largest absolute Gasteiger partial charge is 0.436 e. The molecule has 0 N–H and O–H groups in total. The third-order valence-corrected chi connectivity index (χ3v) is 6.53. The van der Waals surface area contributed by atoms with Gasteiger partial charge in [0.25, 0.3) is 0 Å². The van der Waals surface area contributed by atoms with E-state index in [-0.39, 0.29) is 34.0 Å². The van der Waals surface area contributed by atoms with Crippen molar-refractivity contribution in [1.29, 1.82) is 0 Å². The molecule has 0 aliphatic rings. The molecular weight excluding hydrogens is 522 g/mol. The smallest absolute Gasteiger partial charge is 0.411 e. The van der Waals surface area contributed by atoms with E-state index in [1.54, 1.807) is 60.7 Å². The normalized spacial score (nSPS) is 12.9. The third kappa shape index (κ3) is 3.94. The second kappa shape index (κ2) is 8.72. The summed E-state index contributed by atoms with van der Waals surface area (Å²) < 4.78 is 99.8. The fourth-order valence-electron chi connectivity index (χ4n) is 4.71. The van der Waals surface area contributed by atoms with Crippen LogP contribution < -0.4 is 0 Å². The summed E-state index contributed by atoms with van der Waals surface area (Å²) >= 11 is 0. The minimum Gasteiger partial charge on any atom is -0.436 e. The van der Waals surface area contributed by atoms with Crippen LogP contribution in [0.25, 0.3) is 45.1 Å². The molecule has 39 heavy (non-hydrogen) atoms. The molecule has 4 nitrogen and oxygen atoms in total. The minimum absolute atomic E-state index is 0.0500. The van der Waals surface area contributed by atoms with Crippen molar-refractivity contribution < 1.29 is 35.2 Å². The summed E-state index contributed by atoms with van der Waals surface area (Å²) in [6.45, 7) is 0. The molecular formula is C29H16F6N2O2. The molecule has 2 heterocycles. The molecule has 0 amide bonds. The number of oxazole rings is 2. The van der Waals surface area contributed by atoms with E-state index in [0.29, 0.717) is 11.1 Å². The van der Waals surface area contributed by atoms with Crippen LogP contribution in [0.1, 0.15) is 11.1 Å². The van der Waals surface area contributed by atoms with E-state index < -0.39 is 28.9 Å². The maximum absolute atomic E-state index is 14.8. The van der Waals surface area contributed by atoms with Crippen LogP contribution in [-0.4, -0.2) is 22.3 Å². The van der Waals surface area contributed by atoms with Crippen LogP contribution in [-0.2, 0) is 5.41 Å². The van der Waals surface area contributed by atoms with Gasteiger partial charge in [0.05, 0.1) is 0 Å². The molecule has 0 fully saturated rings. The van der Waals surface area contributed by atoms with Crippen molar-refractivity contribution in [3.05, 3.63) is 108 Å². The van der Waals surface area contributed by atoms with Crippen LogP contribution in [0, 0.1) is 0 Å². The molecule has 0 unspecified atom stereocenters. The maximum Gasteiger partial charge on any atom is 0.411 e. The molecule has 4 aromatic carbocycles. The summed E-state index contributed by atoms with van der Waals surface area (Å²) in [4.78, 5) is 8.40. The summed E-state index contributed by atoms with van der Waals surface area (Å²) in [6.07, 6.45) is -11.6. The van der Waals surface area contributed by atoms with E-state index in [1.807, 2.05) is 0 Å². The lowest BCUT2D eigenvalue weighted by Gasteiger charge is -2.38. The number of hydrogen-bond acceptors (Lipinski definition) is 4. The summed E-state index contributed by atoms with van der Waals surface area (Å²) in [5.74, 6) is 0.147. The molecule has 0 spiro atoms. The van der Waals surface area contributed by atoms with Crippen LogP contribution in [0.4, 0.5) is 26.3 Å². The zero-order valence-corrected chi connectivity index (χ0v) is 19.7. The SMILES string of the molecule is FC(F)(F)C(c1ccc2oc(-c3ccccc3)nc2c1)(c1ccc2nc(-c3ccccc3)oc2c1)C(F)(F)F. The van der Waals surface area contributed by atoms with Gasteiger partial charge in [-0.15, -0.1) is 0 Å². The predicted molar refractivity (Wildman–Crippen MR) is 132 cm³/mol. The van der Waals surface area contributed by atoms with Gasteiger partial charge in [0.15, 0.2) is 11.2 Å². The molecule has 0 bridgehead atoms. The number of hydrogen-bond donors (Lipinski definition) is 0. The second-order valence-corrected chi connectivity index (χ2v) is 8.88. The van der Waals surface area contributed by atoms with Crippen molar-refractivity contribution in [2.24, 2.45) is 0 Å². The van der Waals surface area contributed by atoms with E-state index in [4.69, 9.17) is 8.83 Å². The number of fused-ring (bicyclic) bond motifs is 2. The molecule has 0 saturated heterocycles. The van der Waals surface area contributed by atoms with Crippen molar-refractivity contribution in [2.75, 3.05) is 0 Å². The summed E-state index contributed by atoms with van der Waals surface area (Å²) in [5.41, 5.74) is -5.62. The van der Waals surface area contributed by atoms with E-state index >= 15 is 0 Å². The Balaban J connectivity index is 1.56. The average Bonchev–Trinajstić information content (AvgIpc) is 3.52. The van der Waals surface area contributed by atoms with Crippen LogP contribution in [0.5, 0.6) is 0 Å². The Morgan fingerprint density at radius 1 is 0.487 bits per heavy atom. The number of aromatic nitrogens is 2. The van der Waals surface area contributed by atoms with Crippen molar-refractivity contribution in [3.8, 4) is 22.9 Å². The molecule has 0 aliphatic heterocycles. The van der Waals surface area contributed by atoms with Gasteiger partial charge >= 0.3 is 12.4 Å². The van der Waals surface area contributed by atoms with Gasteiger partial charge in [-0.25, -0.2) is 9.97 Å². The highest BCUT2D eigenvalue weighted by molar-refractivity contribution is 5.80. The molecule has 6 rings (SSSR count). The Labute approximate surface area is 216 Å². The fourth-order valence-corrected chi connectivity index (χ4v) is 4.71. The number of alkyl halides is 6. The van der Waals surface area contributed by atoms with Crippen molar-refractivity contribution in [2.45, 2.75) is 17.8 Å². The van der Waals surface area contributed by atoms with Gasteiger partial charge < -0.3 is 8.83 Å². The Hall–Kier alpha value is -4.60. The van der Waals surface area contributed by atoms with Crippen LogP contribution in [0.3, 0.4) is 0 Å². The van der Waals surface area contributed by atoms with Gasteiger partial charge in [-0.2, -0.15) is 26.3 Å². The molecule has 0 aliphatic carbocycles. The highest BCUT2D eigenvalue weighted by Gasteiger charge is 2.72. The first-order valence-corrected chi connectivity index (χ1v) is 11.6. The molecule has 196 valence electrons. The first-order chi connectivity index (χ1) is 18.6. The van der Waals surface area contributed by atoms with Gasteiger partial charge in [-0.1, -0.05) is 48.5 Å². The van der Waals surface area contributed by atoms with Gasteiger partial charge in [0.2, 0.25) is 17.2 Å². The molecule has 0 atom stereocenters. The van der Waals surface area contributed by atoms with Crippen LogP contribution >= 0.6 is 0 Å². The van der Waals surface area contributed by atoms with Crippen LogP contribution in [0.2, 0.25) is 0 Å². The Morgan fingerprint density at radius 2 is 0.974 bits per heavy atom.